The Morgan fingerprint density at radius 2 is 1.22 bits per heavy atom. The highest BCUT2D eigenvalue weighted by Gasteiger charge is 2.25. The molecule has 4 nitrogen and oxygen atoms in total. The summed E-state index contributed by atoms with van der Waals surface area (Å²) in [5.74, 6) is 0. The van der Waals surface area contributed by atoms with E-state index >= 15 is 0 Å². The van der Waals surface area contributed by atoms with E-state index in [0.717, 1.165) is 6.61 Å². The van der Waals surface area contributed by atoms with Gasteiger partial charge in [-0.3, -0.25) is 0 Å². The number of rotatable bonds is 15. The third-order valence-corrected chi connectivity index (χ3v) is 8.47. The summed E-state index contributed by atoms with van der Waals surface area (Å²) in [5.41, 5.74) is 0. The molecule has 0 amide bonds. The highest BCUT2D eigenvalue weighted by molar-refractivity contribution is 6.72. The number of nitrogens with zero attached hydrogens (tertiary/aromatic N) is 3. The van der Waals surface area contributed by atoms with Gasteiger partial charge in [-0.2, -0.15) is 0 Å². The first kappa shape index (κ1) is 23.1. The van der Waals surface area contributed by atoms with Crippen LogP contribution in [0.15, 0.2) is 0 Å². The SMILES string of the molecule is CCO[Si](C)(CC)CCCN(CCCN(C)C)CCCN(C)C. The molecule has 0 aromatic carbocycles. The molecule has 1 atom stereocenters. The summed E-state index contributed by atoms with van der Waals surface area (Å²) in [5, 5.41) is 0. The summed E-state index contributed by atoms with van der Waals surface area (Å²) in [4.78, 5) is 7.24. The topological polar surface area (TPSA) is 19.0 Å². The van der Waals surface area contributed by atoms with Crippen LogP contribution < -0.4 is 0 Å². The second-order valence-corrected chi connectivity index (χ2v) is 11.9. The van der Waals surface area contributed by atoms with E-state index in [1.807, 2.05) is 0 Å². The van der Waals surface area contributed by atoms with Crippen LogP contribution in [0.4, 0.5) is 0 Å². The van der Waals surface area contributed by atoms with E-state index < -0.39 is 8.32 Å². The molecule has 0 aromatic heterocycles. The van der Waals surface area contributed by atoms with Gasteiger partial charge in [0.05, 0.1) is 0 Å². The number of hydrogen-bond acceptors (Lipinski definition) is 4. The Bertz CT molecular complexity index is 263. The van der Waals surface area contributed by atoms with Crippen molar-refractivity contribution < 1.29 is 4.43 Å². The molecule has 0 spiro atoms. The molecule has 5 heteroatoms. The summed E-state index contributed by atoms with van der Waals surface area (Å²) in [7, 11) is 7.22. The van der Waals surface area contributed by atoms with Gasteiger partial charge in [0.25, 0.3) is 0 Å². The summed E-state index contributed by atoms with van der Waals surface area (Å²) in [6.45, 7) is 13.8. The lowest BCUT2D eigenvalue weighted by atomic mass is 10.3. The number of hydrogen-bond donors (Lipinski definition) is 0. The molecule has 0 saturated carbocycles. The zero-order valence-electron chi connectivity index (χ0n) is 17.0. The minimum Gasteiger partial charge on any atom is -0.417 e. The van der Waals surface area contributed by atoms with Gasteiger partial charge < -0.3 is 19.1 Å². The van der Waals surface area contributed by atoms with Crippen molar-refractivity contribution in [3.05, 3.63) is 0 Å². The highest BCUT2D eigenvalue weighted by Crippen LogP contribution is 2.19. The Morgan fingerprint density at radius 1 is 0.739 bits per heavy atom. The van der Waals surface area contributed by atoms with Crippen LogP contribution in [-0.4, -0.2) is 90.5 Å². The fourth-order valence-corrected chi connectivity index (χ4v) is 5.24. The normalized spacial score (nSPS) is 14.9. The Kier molecular flexibility index (Phi) is 13.4. The minimum absolute atomic E-state index is 0.881. The summed E-state index contributed by atoms with van der Waals surface area (Å²) < 4.78 is 6.09. The minimum atomic E-state index is -1.43. The van der Waals surface area contributed by atoms with Crippen molar-refractivity contribution in [3.63, 3.8) is 0 Å². The zero-order chi connectivity index (χ0) is 17.7. The van der Waals surface area contributed by atoms with Gasteiger partial charge >= 0.3 is 0 Å². The molecule has 140 valence electrons. The molecule has 0 saturated heterocycles. The largest absolute Gasteiger partial charge is 0.417 e. The third-order valence-electron chi connectivity index (χ3n) is 4.58. The molecule has 23 heavy (non-hydrogen) atoms. The predicted molar refractivity (Wildman–Crippen MR) is 106 cm³/mol. The van der Waals surface area contributed by atoms with Crippen molar-refractivity contribution in [1.29, 1.82) is 0 Å². The lowest BCUT2D eigenvalue weighted by Gasteiger charge is -2.28. The molecule has 0 radical (unpaired) electrons. The maximum atomic E-state index is 6.09. The van der Waals surface area contributed by atoms with Gasteiger partial charge in [-0.25, -0.2) is 0 Å². The van der Waals surface area contributed by atoms with Gasteiger partial charge in [0.1, 0.15) is 0 Å². The van der Waals surface area contributed by atoms with E-state index in [9.17, 15) is 0 Å². The molecule has 0 rings (SSSR count). The summed E-state index contributed by atoms with van der Waals surface area (Å²) >= 11 is 0. The summed E-state index contributed by atoms with van der Waals surface area (Å²) in [6, 6.07) is 2.54. The van der Waals surface area contributed by atoms with Crippen LogP contribution in [0.3, 0.4) is 0 Å². The van der Waals surface area contributed by atoms with Crippen LogP contribution in [0.1, 0.15) is 33.1 Å². The van der Waals surface area contributed by atoms with Gasteiger partial charge in [-0.05, 0) is 106 Å². The monoisotopic (exact) mass is 345 g/mol. The van der Waals surface area contributed by atoms with E-state index in [0.29, 0.717) is 0 Å². The standard InChI is InChI=1S/C18H43N3OSi/c1-8-22-23(7,9-2)18-12-17-21(15-10-13-19(3)4)16-11-14-20(5)6/h8-18H2,1-7H3. The second-order valence-electron chi connectivity index (χ2n) is 7.50. The van der Waals surface area contributed by atoms with Crippen LogP contribution in [0.25, 0.3) is 0 Å². The smallest absolute Gasteiger partial charge is 0.189 e. The molecule has 0 aliphatic heterocycles. The van der Waals surface area contributed by atoms with Crippen molar-refractivity contribution in [3.8, 4) is 0 Å². The first-order chi connectivity index (χ1) is 10.8. The van der Waals surface area contributed by atoms with E-state index in [4.69, 9.17) is 4.43 Å². The average Bonchev–Trinajstić information content (AvgIpc) is 2.46. The van der Waals surface area contributed by atoms with Gasteiger partial charge in [0.15, 0.2) is 8.32 Å². The Hall–Kier alpha value is 0.0569. The molecule has 0 bridgehead atoms. The first-order valence-electron chi connectivity index (χ1n) is 9.48. The maximum Gasteiger partial charge on any atom is 0.189 e. The van der Waals surface area contributed by atoms with Crippen LogP contribution in [0.2, 0.25) is 18.6 Å². The molecular formula is C18H43N3OSi. The fraction of sp³-hybridized carbons (Fsp3) is 1.00. The molecule has 1 unspecified atom stereocenters. The molecule has 0 N–H and O–H groups in total. The van der Waals surface area contributed by atoms with Crippen molar-refractivity contribution in [2.24, 2.45) is 0 Å². The van der Waals surface area contributed by atoms with Crippen molar-refractivity contribution in [2.45, 2.75) is 51.7 Å². The van der Waals surface area contributed by atoms with Crippen LogP contribution >= 0.6 is 0 Å². The van der Waals surface area contributed by atoms with E-state index in [1.54, 1.807) is 0 Å². The quantitative estimate of drug-likeness (QED) is 0.424. The predicted octanol–water partition coefficient (Wildman–Crippen LogP) is 3.21. The Labute approximate surface area is 147 Å². The zero-order valence-corrected chi connectivity index (χ0v) is 18.0. The maximum absolute atomic E-state index is 6.09. The lowest BCUT2D eigenvalue weighted by Crippen LogP contribution is -2.36. The van der Waals surface area contributed by atoms with Crippen molar-refractivity contribution in [1.82, 2.24) is 14.7 Å². The van der Waals surface area contributed by atoms with Gasteiger partial charge in [0, 0.05) is 6.61 Å². The first-order valence-corrected chi connectivity index (χ1v) is 12.3. The Balaban J connectivity index is 4.21. The molecule has 0 aliphatic carbocycles. The van der Waals surface area contributed by atoms with Gasteiger partial charge in [0.2, 0.25) is 0 Å². The van der Waals surface area contributed by atoms with Crippen LogP contribution in [0.5, 0.6) is 0 Å². The van der Waals surface area contributed by atoms with Crippen LogP contribution in [0, 0.1) is 0 Å². The molecule has 0 fully saturated rings. The lowest BCUT2D eigenvalue weighted by molar-refractivity contribution is 0.239. The van der Waals surface area contributed by atoms with E-state index in [1.165, 1.54) is 64.1 Å². The molecule has 0 heterocycles. The molecular weight excluding hydrogens is 302 g/mol. The highest BCUT2D eigenvalue weighted by atomic mass is 28.4. The van der Waals surface area contributed by atoms with Crippen molar-refractivity contribution >= 4 is 8.32 Å². The molecule has 0 aromatic rings. The fourth-order valence-electron chi connectivity index (χ4n) is 2.93. The third kappa shape index (κ3) is 13.1. The molecule has 0 aliphatic rings. The second kappa shape index (κ2) is 13.4. The van der Waals surface area contributed by atoms with Gasteiger partial charge in [-0.1, -0.05) is 6.92 Å². The summed E-state index contributed by atoms with van der Waals surface area (Å²) in [6.07, 6.45) is 3.83. The van der Waals surface area contributed by atoms with Crippen molar-refractivity contribution in [2.75, 3.05) is 67.5 Å². The Morgan fingerprint density at radius 3 is 1.61 bits per heavy atom. The van der Waals surface area contributed by atoms with E-state index in [-0.39, 0.29) is 0 Å². The van der Waals surface area contributed by atoms with E-state index in [2.05, 4.69) is 63.3 Å². The van der Waals surface area contributed by atoms with Gasteiger partial charge in [-0.15, -0.1) is 0 Å². The average molecular weight is 346 g/mol. The van der Waals surface area contributed by atoms with Crippen LogP contribution in [-0.2, 0) is 4.43 Å².